The first-order valence-electron chi connectivity index (χ1n) is 11.7. The minimum absolute atomic E-state index is 0.0183. The van der Waals surface area contributed by atoms with Crippen molar-refractivity contribution in [3.05, 3.63) is 47.2 Å². The summed E-state index contributed by atoms with van der Waals surface area (Å²) < 4.78 is 88.6. The third-order valence-corrected chi connectivity index (χ3v) is 5.38. The molecule has 2 amide bonds. The number of amides is 2. The molecular formula is C25H28F6N4O5. The molecule has 1 aromatic carbocycles. The molecule has 0 unspecified atom stereocenters. The summed E-state index contributed by atoms with van der Waals surface area (Å²) in [5, 5.41) is 0. The van der Waals surface area contributed by atoms with Gasteiger partial charge in [0.2, 0.25) is 0 Å². The Morgan fingerprint density at radius 1 is 0.875 bits per heavy atom. The zero-order valence-electron chi connectivity index (χ0n) is 22.0. The molecule has 2 aromatic rings. The van der Waals surface area contributed by atoms with Gasteiger partial charge in [-0.1, -0.05) is 0 Å². The normalized spacial score (nSPS) is 14.2. The number of alkyl halides is 6. The van der Waals surface area contributed by atoms with Crippen LogP contribution in [0.1, 0.15) is 42.3 Å². The number of methoxy groups -OCH3 is 1. The maximum absolute atomic E-state index is 13.2. The Morgan fingerprint density at radius 3 is 1.77 bits per heavy atom. The van der Waals surface area contributed by atoms with E-state index in [0.29, 0.717) is 18.6 Å². The largest absolute Gasteiger partial charge is 0.471 e. The molecule has 1 aromatic heterocycles. The molecule has 2 heterocycles. The van der Waals surface area contributed by atoms with Gasteiger partial charge in [0.1, 0.15) is 11.4 Å². The maximum atomic E-state index is 13.2. The maximum Gasteiger partial charge on any atom is 0.416 e. The topological polar surface area (TPSA) is 115 Å². The standard InChI is InChI=1S/C23H24F6N4O3.C2H4O2/c1-21(2,3)36-20(35)33-6-4-32(5-7-33)19(34)17-10-14(12-31-18(17)30)13-8-15(22(24,25)26)11-16(9-13)23(27,28)29;1-4-2-3/h8-12H,4-7H2,1-3H3,(H2,30,31);2H,1H3. The smallest absolute Gasteiger partial charge is 0.416 e. The Kier molecular flexibility index (Phi) is 10.00. The molecule has 220 valence electrons. The quantitative estimate of drug-likeness (QED) is 0.409. The Bertz CT molecular complexity index is 1190. The third-order valence-electron chi connectivity index (χ3n) is 5.38. The molecule has 9 nitrogen and oxygen atoms in total. The number of benzene rings is 1. The second-order valence-electron chi connectivity index (χ2n) is 9.54. The first-order valence-corrected chi connectivity index (χ1v) is 11.7. The summed E-state index contributed by atoms with van der Waals surface area (Å²) in [7, 11) is 1.31. The Hall–Kier alpha value is -4.04. The monoisotopic (exact) mass is 578 g/mol. The average molecular weight is 579 g/mol. The number of rotatable bonds is 3. The van der Waals surface area contributed by atoms with Crippen molar-refractivity contribution in [2.75, 3.05) is 39.0 Å². The van der Waals surface area contributed by atoms with Crippen LogP contribution >= 0.6 is 0 Å². The summed E-state index contributed by atoms with van der Waals surface area (Å²) in [5.74, 6) is -0.852. The molecule has 0 spiro atoms. The predicted octanol–water partition coefficient (Wildman–Crippen LogP) is 4.85. The minimum Gasteiger partial charge on any atom is -0.471 e. The third kappa shape index (κ3) is 8.74. The summed E-state index contributed by atoms with van der Waals surface area (Å²) in [5.41, 5.74) is 1.40. The number of ether oxygens (including phenoxy) is 2. The van der Waals surface area contributed by atoms with Gasteiger partial charge in [-0.2, -0.15) is 26.3 Å². The first-order chi connectivity index (χ1) is 18.4. The molecular weight excluding hydrogens is 550 g/mol. The Labute approximate surface area is 225 Å². The molecule has 0 aliphatic carbocycles. The molecule has 2 N–H and O–H groups in total. The van der Waals surface area contributed by atoms with Crippen molar-refractivity contribution < 1.29 is 50.2 Å². The van der Waals surface area contributed by atoms with E-state index in [1.165, 1.54) is 16.9 Å². The number of halogens is 6. The van der Waals surface area contributed by atoms with Crippen LogP contribution in [0.25, 0.3) is 11.1 Å². The lowest BCUT2D eigenvalue weighted by atomic mass is 9.99. The number of hydrogen-bond donors (Lipinski definition) is 1. The Balaban J connectivity index is 0.00000131. The van der Waals surface area contributed by atoms with Crippen molar-refractivity contribution in [1.82, 2.24) is 14.8 Å². The van der Waals surface area contributed by atoms with Gasteiger partial charge >= 0.3 is 18.4 Å². The predicted molar refractivity (Wildman–Crippen MR) is 131 cm³/mol. The molecule has 0 bridgehead atoms. The van der Waals surface area contributed by atoms with Gasteiger partial charge in [-0.3, -0.25) is 9.59 Å². The van der Waals surface area contributed by atoms with Gasteiger partial charge < -0.3 is 25.0 Å². The number of pyridine rings is 1. The number of hydrogen-bond acceptors (Lipinski definition) is 7. The van der Waals surface area contributed by atoms with Gasteiger partial charge in [0.25, 0.3) is 12.4 Å². The molecule has 1 aliphatic heterocycles. The number of aromatic nitrogens is 1. The summed E-state index contributed by atoms with van der Waals surface area (Å²) in [6.45, 7) is 6.08. The van der Waals surface area contributed by atoms with Gasteiger partial charge in [-0.05, 0) is 50.6 Å². The van der Waals surface area contributed by atoms with Crippen molar-refractivity contribution in [2.24, 2.45) is 0 Å². The van der Waals surface area contributed by atoms with Gasteiger partial charge in [0, 0.05) is 37.9 Å². The van der Waals surface area contributed by atoms with Crippen LogP contribution in [-0.4, -0.2) is 72.1 Å². The molecule has 0 radical (unpaired) electrons. The molecule has 0 saturated carbocycles. The van der Waals surface area contributed by atoms with Gasteiger partial charge in [-0.25, -0.2) is 9.78 Å². The van der Waals surface area contributed by atoms with Gasteiger partial charge in [0.15, 0.2) is 0 Å². The van der Waals surface area contributed by atoms with Gasteiger partial charge in [0.05, 0.1) is 23.8 Å². The minimum atomic E-state index is -5.02. The van der Waals surface area contributed by atoms with E-state index in [1.807, 2.05) is 0 Å². The van der Waals surface area contributed by atoms with Crippen LogP contribution in [0.5, 0.6) is 0 Å². The van der Waals surface area contributed by atoms with E-state index >= 15 is 0 Å². The van der Waals surface area contributed by atoms with Crippen molar-refractivity contribution in [3.63, 3.8) is 0 Å². The van der Waals surface area contributed by atoms with E-state index < -0.39 is 46.6 Å². The van der Waals surface area contributed by atoms with E-state index in [1.54, 1.807) is 20.8 Å². The fourth-order valence-corrected chi connectivity index (χ4v) is 3.52. The van der Waals surface area contributed by atoms with Crippen LogP contribution in [0.3, 0.4) is 0 Å². The average Bonchev–Trinajstić information content (AvgIpc) is 2.86. The van der Waals surface area contributed by atoms with Crippen LogP contribution in [0.2, 0.25) is 0 Å². The number of piperazine rings is 1. The second-order valence-corrected chi connectivity index (χ2v) is 9.54. The van der Waals surface area contributed by atoms with E-state index in [-0.39, 0.29) is 49.2 Å². The van der Waals surface area contributed by atoms with E-state index in [0.717, 1.165) is 12.3 Å². The van der Waals surface area contributed by atoms with E-state index in [2.05, 4.69) is 9.72 Å². The molecule has 1 fully saturated rings. The lowest BCUT2D eigenvalue weighted by Gasteiger charge is -2.35. The highest BCUT2D eigenvalue weighted by atomic mass is 19.4. The lowest BCUT2D eigenvalue weighted by Crippen LogP contribution is -2.51. The van der Waals surface area contributed by atoms with Crippen LogP contribution < -0.4 is 5.73 Å². The number of carbonyl (C=O) groups excluding carboxylic acids is 3. The van der Waals surface area contributed by atoms with Crippen molar-refractivity contribution in [1.29, 1.82) is 0 Å². The fraction of sp³-hybridized carbons (Fsp3) is 0.440. The molecule has 0 atom stereocenters. The zero-order chi connectivity index (χ0) is 30.5. The Morgan fingerprint density at radius 2 is 1.35 bits per heavy atom. The molecule has 40 heavy (non-hydrogen) atoms. The van der Waals surface area contributed by atoms with Crippen LogP contribution in [0.4, 0.5) is 37.0 Å². The summed E-state index contributed by atoms with van der Waals surface area (Å²) in [6.07, 6.45) is -9.59. The van der Waals surface area contributed by atoms with E-state index in [9.17, 15) is 35.9 Å². The highest BCUT2D eigenvalue weighted by molar-refractivity contribution is 5.99. The molecule has 1 saturated heterocycles. The number of nitrogens with zero attached hydrogens (tertiary/aromatic N) is 3. The van der Waals surface area contributed by atoms with Crippen LogP contribution in [0, 0.1) is 0 Å². The van der Waals surface area contributed by atoms with E-state index in [4.69, 9.17) is 15.3 Å². The van der Waals surface area contributed by atoms with Crippen molar-refractivity contribution in [3.8, 4) is 11.1 Å². The molecule has 1 aliphatic rings. The second kappa shape index (κ2) is 12.4. The highest BCUT2D eigenvalue weighted by Gasteiger charge is 2.37. The molecule has 15 heteroatoms. The summed E-state index contributed by atoms with van der Waals surface area (Å²) in [4.78, 5) is 40.9. The van der Waals surface area contributed by atoms with Crippen molar-refractivity contribution >= 4 is 24.3 Å². The highest BCUT2D eigenvalue weighted by Crippen LogP contribution is 2.39. The van der Waals surface area contributed by atoms with Crippen LogP contribution in [-0.2, 0) is 26.6 Å². The zero-order valence-corrected chi connectivity index (χ0v) is 22.0. The van der Waals surface area contributed by atoms with Gasteiger partial charge in [-0.15, -0.1) is 0 Å². The first kappa shape index (κ1) is 32.2. The summed E-state index contributed by atoms with van der Waals surface area (Å²) >= 11 is 0. The molecule has 3 rings (SSSR count). The number of nitrogens with two attached hydrogens (primary N) is 1. The number of carbonyl (C=O) groups is 3. The lowest BCUT2D eigenvalue weighted by molar-refractivity contribution is -0.143. The SMILES string of the molecule is CC(C)(C)OC(=O)N1CCN(C(=O)c2cc(-c3cc(C(F)(F)F)cc(C(F)(F)F)c3)cnc2N)CC1.COC=O. The van der Waals surface area contributed by atoms with Crippen molar-refractivity contribution in [2.45, 2.75) is 38.7 Å². The summed E-state index contributed by atoms with van der Waals surface area (Å²) in [6, 6.07) is 2.23. The number of nitrogen functional groups attached to an aromatic ring is 1. The fourth-order valence-electron chi connectivity index (χ4n) is 3.52. The van der Waals surface area contributed by atoms with Crippen LogP contribution in [0.15, 0.2) is 30.5 Å². The number of anilines is 1.